The largest absolute Gasteiger partial charge is 0.479 e. The van der Waals surface area contributed by atoms with Crippen LogP contribution in [0.1, 0.15) is 27.2 Å². The SMILES string of the molecule is CCC(C)(C)C(=O)OCOP(=O)(O)OC[15N+]([13CH3])([13CH3])[13CH3]. The highest BCUT2D eigenvalue weighted by Crippen LogP contribution is 2.43. The zero-order valence-corrected chi connectivity index (χ0v) is 13.4. The average Bonchev–Trinajstić information content (AvgIpc) is 2.25. The highest BCUT2D eigenvalue weighted by molar-refractivity contribution is 7.47. The standard InChI is InChI=1S/C11H24NO6P/c1-7-11(2,3)10(13)16-9-18-19(14,15)17-8-12(4,5)6/h7-9H2,1-6H3/p+1/i4+1,5+1,6+1,12+1. The molecule has 0 spiro atoms. The molecule has 1 atom stereocenters. The summed E-state index contributed by atoms with van der Waals surface area (Å²) < 4.78 is 25.9. The lowest BCUT2D eigenvalue weighted by Gasteiger charge is -2.24. The Morgan fingerprint density at radius 2 is 1.79 bits per heavy atom. The first-order chi connectivity index (χ1) is 8.40. The second-order valence-corrected chi connectivity index (χ2v) is 7.39. The highest BCUT2D eigenvalue weighted by atomic mass is 31.2. The Balaban J connectivity index is 4.13. The molecule has 8 heteroatoms. The van der Waals surface area contributed by atoms with E-state index in [2.05, 4.69) is 4.52 Å². The third-order valence-corrected chi connectivity index (χ3v) is 3.32. The Kier molecular flexibility index (Phi) is 6.65. The van der Waals surface area contributed by atoms with E-state index in [1.807, 2.05) is 6.92 Å². The first-order valence-corrected chi connectivity index (χ1v) is 7.49. The summed E-state index contributed by atoms with van der Waals surface area (Å²) in [6.07, 6.45) is 0.598. The molecule has 0 saturated carbocycles. The van der Waals surface area contributed by atoms with Gasteiger partial charge in [0.15, 0.2) is 6.73 Å². The molecule has 0 aromatic carbocycles. The summed E-state index contributed by atoms with van der Waals surface area (Å²) in [4.78, 5) is 20.9. The monoisotopic (exact) mass is 302 g/mol. The number of carbonyl (C=O) groups excluding carboxylic acids is 1. The number of phosphoric acid groups is 1. The fourth-order valence-electron chi connectivity index (χ4n) is 0.770. The van der Waals surface area contributed by atoms with Crippen molar-refractivity contribution in [3.63, 3.8) is 0 Å². The quantitative estimate of drug-likeness (QED) is 0.184. The molecular formula is C11H25NO6P+. The average molecular weight is 302 g/mol. The molecule has 19 heavy (non-hydrogen) atoms. The van der Waals surface area contributed by atoms with Crippen LogP contribution in [0.2, 0.25) is 0 Å². The van der Waals surface area contributed by atoms with E-state index in [4.69, 9.17) is 9.26 Å². The molecule has 0 saturated heterocycles. The van der Waals surface area contributed by atoms with Crippen molar-refractivity contribution in [3.8, 4) is 0 Å². The third kappa shape index (κ3) is 8.34. The molecule has 0 aliphatic rings. The van der Waals surface area contributed by atoms with Crippen molar-refractivity contribution in [2.24, 2.45) is 5.41 Å². The summed E-state index contributed by atoms with van der Waals surface area (Å²) >= 11 is 0. The van der Waals surface area contributed by atoms with Gasteiger partial charge in [-0.2, -0.15) is 0 Å². The van der Waals surface area contributed by atoms with Crippen LogP contribution in [0.4, 0.5) is 0 Å². The fraction of sp³-hybridized carbons (Fsp3) is 0.909. The number of ether oxygens (including phenoxy) is 1. The number of rotatable bonds is 8. The van der Waals surface area contributed by atoms with Crippen molar-refractivity contribution in [1.29, 1.82) is 0 Å². The van der Waals surface area contributed by atoms with Crippen LogP contribution in [0.25, 0.3) is 0 Å². The van der Waals surface area contributed by atoms with Gasteiger partial charge in [0.2, 0.25) is 6.79 Å². The van der Waals surface area contributed by atoms with E-state index in [9.17, 15) is 14.3 Å². The second kappa shape index (κ2) is 6.81. The predicted molar refractivity (Wildman–Crippen MR) is 69.9 cm³/mol. The summed E-state index contributed by atoms with van der Waals surface area (Å²) in [6, 6.07) is 0. The first-order valence-electron chi connectivity index (χ1n) is 5.99. The van der Waals surface area contributed by atoms with Crippen LogP contribution in [0.15, 0.2) is 0 Å². The van der Waals surface area contributed by atoms with Crippen molar-refractivity contribution in [2.45, 2.75) is 27.2 Å². The van der Waals surface area contributed by atoms with Gasteiger partial charge in [-0.3, -0.25) is 4.79 Å². The Morgan fingerprint density at radius 3 is 2.21 bits per heavy atom. The zero-order valence-electron chi connectivity index (χ0n) is 12.5. The molecule has 114 valence electrons. The van der Waals surface area contributed by atoms with Crippen molar-refractivity contribution < 1.29 is 32.5 Å². The van der Waals surface area contributed by atoms with Crippen LogP contribution < -0.4 is 0 Å². The van der Waals surface area contributed by atoms with E-state index in [-0.39, 0.29) is 6.73 Å². The zero-order chi connectivity index (χ0) is 15.3. The van der Waals surface area contributed by atoms with Gasteiger partial charge in [-0.05, 0) is 20.3 Å². The number of nitrogens with zero attached hydrogens (tertiary/aromatic N) is 1. The minimum absolute atomic E-state index is 0.00216. The van der Waals surface area contributed by atoms with Crippen molar-refractivity contribution in [2.75, 3.05) is 34.7 Å². The van der Waals surface area contributed by atoms with E-state index >= 15 is 0 Å². The summed E-state index contributed by atoms with van der Waals surface area (Å²) in [5.74, 6) is -0.485. The normalized spacial score (nSPS) is 15.9. The molecular weight excluding hydrogens is 277 g/mol. The third-order valence-electron chi connectivity index (χ3n) is 2.45. The molecule has 0 aliphatic carbocycles. The van der Waals surface area contributed by atoms with Crippen LogP contribution in [-0.4, -0.2) is 50.0 Å². The maximum atomic E-state index is 11.6. The number of quaternary nitrogens is 1. The van der Waals surface area contributed by atoms with Gasteiger partial charge in [0.1, 0.15) is 0 Å². The number of phosphoric ester groups is 1. The van der Waals surface area contributed by atoms with E-state index in [0.717, 1.165) is 0 Å². The second-order valence-electron chi connectivity index (χ2n) is 5.93. The van der Waals surface area contributed by atoms with Crippen LogP contribution in [0.5, 0.6) is 0 Å². The van der Waals surface area contributed by atoms with Gasteiger partial charge >= 0.3 is 13.8 Å². The van der Waals surface area contributed by atoms with Crippen LogP contribution in [0.3, 0.4) is 0 Å². The van der Waals surface area contributed by atoms with Gasteiger partial charge in [0.05, 0.1) is 26.6 Å². The van der Waals surface area contributed by atoms with Gasteiger partial charge in [-0.25, -0.2) is 13.6 Å². The van der Waals surface area contributed by atoms with E-state index in [0.29, 0.717) is 10.9 Å². The Hall–Kier alpha value is -0.460. The lowest BCUT2D eigenvalue weighted by molar-refractivity contribution is -0.887. The lowest BCUT2D eigenvalue weighted by Crippen LogP contribution is -2.36. The van der Waals surface area contributed by atoms with Gasteiger partial charge in [-0.1, -0.05) is 6.92 Å². The molecule has 0 aromatic rings. The summed E-state index contributed by atoms with van der Waals surface area (Å²) in [5.41, 5.74) is -0.647. The summed E-state index contributed by atoms with van der Waals surface area (Å²) in [7, 11) is 1.19. The van der Waals surface area contributed by atoms with Crippen molar-refractivity contribution >= 4 is 13.8 Å². The first kappa shape index (κ1) is 18.5. The van der Waals surface area contributed by atoms with Crippen LogP contribution in [-0.2, 0) is 23.1 Å². The lowest BCUT2D eigenvalue weighted by atomic mass is 9.91. The van der Waals surface area contributed by atoms with Gasteiger partial charge in [-0.15, -0.1) is 0 Å². The molecule has 0 amide bonds. The topological polar surface area (TPSA) is 82.1 Å². The molecule has 1 N–H and O–H groups in total. The minimum atomic E-state index is -4.20. The highest BCUT2D eigenvalue weighted by Gasteiger charge is 2.29. The summed E-state index contributed by atoms with van der Waals surface area (Å²) in [5, 5.41) is 0. The van der Waals surface area contributed by atoms with Gasteiger partial charge in [0.25, 0.3) is 0 Å². The smallest absolute Gasteiger partial charge is 0.437 e. The van der Waals surface area contributed by atoms with E-state index in [1.165, 1.54) is 0 Å². The van der Waals surface area contributed by atoms with Crippen LogP contribution >= 0.6 is 7.82 Å². The van der Waals surface area contributed by atoms with E-state index in [1.54, 1.807) is 35.0 Å². The van der Waals surface area contributed by atoms with Crippen molar-refractivity contribution in [3.05, 3.63) is 0 Å². The number of carbonyl (C=O) groups is 1. The van der Waals surface area contributed by atoms with Gasteiger partial charge < -0.3 is 14.1 Å². The molecule has 1 unspecified atom stereocenters. The molecule has 0 bridgehead atoms. The minimum Gasteiger partial charge on any atom is -0.437 e. The predicted octanol–water partition coefficient (Wildman–Crippen LogP) is 1.72. The Morgan fingerprint density at radius 1 is 1.26 bits per heavy atom. The molecule has 7 nitrogen and oxygen atoms in total. The van der Waals surface area contributed by atoms with Gasteiger partial charge in [0, 0.05) is 0 Å². The molecule has 0 aromatic heterocycles. The maximum Gasteiger partial charge on any atom is 0.479 e. The number of esters is 1. The Labute approximate surface area is 114 Å². The molecule has 0 rings (SSSR count). The number of hydrogen-bond donors (Lipinski definition) is 1. The Bertz CT molecular complexity index is 350. The maximum absolute atomic E-state index is 11.6. The number of hydrogen-bond acceptors (Lipinski definition) is 5. The van der Waals surface area contributed by atoms with Crippen molar-refractivity contribution in [1.82, 2.24) is 0 Å². The molecule has 0 heterocycles. The fourth-order valence-corrected chi connectivity index (χ4v) is 1.52. The van der Waals surface area contributed by atoms with E-state index < -0.39 is 26.0 Å². The summed E-state index contributed by atoms with van der Waals surface area (Å²) in [6.45, 7) is 4.70. The molecule has 0 radical (unpaired) electrons. The molecule has 0 fully saturated rings. The van der Waals surface area contributed by atoms with Crippen LogP contribution in [0, 0.1) is 5.41 Å². The molecule has 0 aliphatic heterocycles.